The fraction of sp³-hybridized carbons (Fsp3) is 0.357. The molecule has 0 saturated carbocycles. The molecule has 0 unspecified atom stereocenters. The number of aliphatic hydroxyl groups is 1. The topological polar surface area (TPSA) is 94.8 Å². The summed E-state index contributed by atoms with van der Waals surface area (Å²) in [5.74, 6) is 1.42. The molecule has 5 rings (SSSR count). The molecule has 1 aromatic carbocycles. The first-order chi connectivity index (χ1) is 17.8. The second-order valence-electron chi connectivity index (χ2n) is 9.65. The van der Waals surface area contributed by atoms with Gasteiger partial charge in [0.05, 0.1) is 38.2 Å². The molecule has 9 heteroatoms. The van der Waals surface area contributed by atoms with E-state index in [1.54, 1.807) is 23.1 Å². The van der Waals surface area contributed by atoms with Gasteiger partial charge in [-0.3, -0.25) is 4.79 Å². The number of fused-ring (bicyclic) bond motifs is 3. The van der Waals surface area contributed by atoms with E-state index >= 15 is 0 Å². The number of hydrogen-bond donors (Lipinski definition) is 2. The SMILES string of the molecule is CC=C(C=CC(C)C)c1cc2c(cc1OC)OCc1c(C(=O)NCC3(O)COC3)nn(-c3ccsc3)c1-2. The normalized spacial score (nSPS) is 16.2. The summed E-state index contributed by atoms with van der Waals surface area (Å²) in [6.07, 6.45) is 6.30. The Bertz CT molecular complexity index is 1370. The lowest BCUT2D eigenvalue weighted by Gasteiger charge is -2.36. The lowest BCUT2D eigenvalue weighted by atomic mass is 9.95. The Morgan fingerprint density at radius 1 is 1.38 bits per heavy atom. The predicted molar refractivity (Wildman–Crippen MR) is 143 cm³/mol. The number of rotatable bonds is 8. The van der Waals surface area contributed by atoms with Crippen LogP contribution in [0.25, 0.3) is 22.5 Å². The Morgan fingerprint density at radius 2 is 2.19 bits per heavy atom. The van der Waals surface area contributed by atoms with E-state index in [0.29, 0.717) is 23.0 Å². The van der Waals surface area contributed by atoms with Crippen molar-refractivity contribution in [3.05, 3.63) is 64.0 Å². The number of amides is 1. The van der Waals surface area contributed by atoms with Crippen molar-refractivity contribution in [3.63, 3.8) is 0 Å². The summed E-state index contributed by atoms with van der Waals surface area (Å²) in [5, 5.41) is 21.9. The highest BCUT2D eigenvalue weighted by Crippen LogP contribution is 2.45. The van der Waals surface area contributed by atoms with Crippen molar-refractivity contribution in [2.24, 2.45) is 5.92 Å². The molecule has 1 fully saturated rings. The first kappa shape index (κ1) is 25.3. The minimum absolute atomic E-state index is 0.0948. The minimum atomic E-state index is -1.04. The average molecular weight is 522 g/mol. The maximum atomic E-state index is 13.2. The number of ether oxygens (including phenoxy) is 3. The molecule has 0 spiro atoms. The van der Waals surface area contributed by atoms with Crippen LogP contribution in [0, 0.1) is 5.92 Å². The molecule has 2 aliphatic rings. The standard InChI is InChI=1S/C28H31N3O5S/c1-5-18(7-6-17(2)3)20-10-21-24(11-23(20)34-4)36-12-22-25(27(32)29-14-28(33)15-35-16-28)30-31(26(21)22)19-8-9-37-13-19/h5-11,13,17,33H,12,14-16H2,1-4H3,(H,29,32). The molecule has 1 amide bonds. The first-order valence-electron chi connectivity index (χ1n) is 12.3. The number of aromatic nitrogens is 2. The quantitative estimate of drug-likeness (QED) is 0.421. The smallest absolute Gasteiger partial charge is 0.272 e. The lowest BCUT2D eigenvalue weighted by molar-refractivity contribution is -0.173. The number of carbonyl (C=O) groups excluding carboxylic acids is 1. The Labute approximate surface area is 220 Å². The predicted octanol–water partition coefficient (Wildman–Crippen LogP) is 4.61. The molecule has 37 heavy (non-hydrogen) atoms. The second kappa shape index (κ2) is 10.2. The van der Waals surface area contributed by atoms with Gasteiger partial charge in [-0.1, -0.05) is 32.1 Å². The van der Waals surface area contributed by atoms with Crippen LogP contribution >= 0.6 is 11.3 Å². The zero-order valence-electron chi connectivity index (χ0n) is 21.4. The highest BCUT2D eigenvalue weighted by atomic mass is 32.1. The van der Waals surface area contributed by atoms with E-state index in [2.05, 4.69) is 37.4 Å². The summed E-state index contributed by atoms with van der Waals surface area (Å²) in [6, 6.07) is 5.92. The van der Waals surface area contributed by atoms with Gasteiger partial charge >= 0.3 is 0 Å². The highest BCUT2D eigenvalue weighted by Gasteiger charge is 2.37. The number of thiophene rings is 1. The Hall–Kier alpha value is -3.40. The summed E-state index contributed by atoms with van der Waals surface area (Å²) in [4.78, 5) is 13.2. The summed E-state index contributed by atoms with van der Waals surface area (Å²) in [5.41, 5.74) is 4.39. The Morgan fingerprint density at radius 3 is 2.81 bits per heavy atom. The molecular weight excluding hydrogens is 490 g/mol. The van der Waals surface area contributed by atoms with Crippen molar-refractivity contribution in [3.8, 4) is 28.4 Å². The van der Waals surface area contributed by atoms with Crippen LogP contribution < -0.4 is 14.8 Å². The van der Waals surface area contributed by atoms with E-state index < -0.39 is 5.60 Å². The molecule has 2 aromatic heterocycles. The van der Waals surface area contributed by atoms with Gasteiger partial charge in [-0.2, -0.15) is 16.4 Å². The summed E-state index contributed by atoms with van der Waals surface area (Å²) >= 11 is 1.56. The van der Waals surface area contributed by atoms with Gasteiger partial charge in [0.2, 0.25) is 0 Å². The maximum Gasteiger partial charge on any atom is 0.272 e. The van der Waals surface area contributed by atoms with E-state index in [-0.39, 0.29) is 38.0 Å². The van der Waals surface area contributed by atoms with Crippen molar-refractivity contribution < 1.29 is 24.1 Å². The van der Waals surface area contributed by atoms with Gasteiger partial charge in [0.1, 0.15) is 23.7 Å². The zero-order valence-corrected chi connectivity index (χ0v) is 22.2. The van der Waals surface area contributed by atoms with Gasteiger partial charge in [-0.05, 0) is 35.9 Å². The molecule has 0 aliphatic carbocycles. The second-order valence-corrected chi connectivity index (χ2v) is 10.4. The Kier molecular flexibility index (Phi) is 6.94. The van der Waals surface area contributed by atoms with Gasteiger partial charge in [0, 0.05) is 28.1 Å². The van der Waals surface area contributed by atoms with Crippen molar-refractivity contribution in [2.45, 2.75) is 33.0 Å². The van der Waals surface area contributed by atoms with Crippen molar-refractivity contribution in [2.75, 3.05) is 26.9 Å². The molecule has 0 atom stereocenters. The minimum Gasteiger partial charge on any atom is -0.496 e. The molecule has 8 nitrogen and oxygen atoms in total. The molecule has 2 N–H and O–H groups in total. The summed E-state index contributed by atoms with van der Waals surface area (Å²) in [7, 11) is 1.65. The van der Waals surface area contributed by atoms with Gasteiger partial charge in [0.15, 0.2) is 5.69 Å². The van der Waals surface area contributed by atoms with E-state index in [0.717, 1.165) is 28.1 Å². The summed E-state index contributed by atoms with van der Waals surface area (Å²) < 4.78 is 18.8. The number of benzene rings is 1. The average Bonchev–Trinajstić information content (AvgIpc) is 3.54. The van der Waals surface area contributed by atoms with Crippen LogP contribution in [-0.2, 0) is 11.3 Å². The van der Waals surface area contributed by atoms with Crippen LogP contribution in [0.5, 0.6) is 11.5 Å². The molecule has 2 aliphatic heterocycles. The molecule has 0 bridgehead atoms. The van der Waals surface area contributed by atoms with Gasteiger partial charge < -0.3 is 24.6 Å². The van der Waals surface area contributed by atoms with E-state index in [1.165, 1.54) is 0 Å². The summed E-state index contributed by atoms with van der Waals surface area (Å²) in [6.45, 7) is 6.96. The third-order valence-electron chi connectivity index (χ3n) is 6.48. The van der Waals surface area contributed by atoms with Crippen LogP contribution in [0.4, 0.5) is 0 Å². The van der Waals surface area contributed by atoms with Crippen molar-refractivity contribution in [1.29, 1.82) is 0 Å². The molecule has 1 saturated heterocycles. The largest absolute Gasteiger partial charge is 0.496 e. The first-order valence-corrected chi connectivity index (χ1v) is 13.2. The van der Waals surface area contributed by atoms with Crippen molar-refractivity contribution >= 4 is 22.8 Å². The van der Waals surface area contributed by atoms with Crippen LogP contribution in [0.1, 0.15) is 42.4 Å². The lowest BCUT2D eigenvalue weighted by Crippen LogP contribution is -2.57. The van der Waals surface area contributed by atoms with Crippen LogP contribution in [-0.4, -0.2) is 53.3 Å². The number of nitrogens with zero attached hydrogens (tertiary/aromatic N) is 2. The number of methoxy groups -OCH3 is 1. The third-order valence-corrected chi connectivity index (χ3v) is 7.15. The number of hydrogen-bond acceptors (Lipinski definition) is 7. The number of allylic oxidation sites excluding steroid dienone is 4. The highest BCUT2D eigenvalue weighted by molar-refractivity contribution is 7.08. The molecule has 3 aromatic rings. The molecule has 194 valence electrons. The van der Waals surface area contributed by atoms with Crippen molar-refractivity contribution in [1.82, 2.24) is 15.1 Å². The maximum absolute atomic E-state index is 13.2. The third kappa shape index (κ3) is 4.82. The number of carbonyl (C=O) groups is 1. The van der Waals surface area contributed by atoms with Crippen LogP contribution in [0.15, 0.2) is 47.2 Å². The Balaban J connectivity index is 1.62. The van der Waals surface area contributed by atoms with E-state index in [1.807, 2.05) is 35.9 Å². The fourth-order valence-electron chi connectivity index (χ4n) is 4.43. The molecular formula is C28H31N3O5S. The monoisotopic (exact) mass is 521 g/mol. The zero-order chi connectivity index (χ0) is 26.2. The van der Waals surface area contributed by atoms with Gasteiger partial charge in [0.25, 0.3) is 5.91 Å². The van der Waals surface area contributed by atoms with Gasteiger partial charge in [-0.15, -0.1) is 0 Å². The van der Waals surface area contributed by atoms with E-state index in [9.17, 15) is 9.90 Å². The fourth-order valence-corrected chi connectivity index (χ4v) is 5.04. The number of nitrogens with one attached hydrogen (secondary N) is 1. The molecule has 4 heterocycles. The molecule has 0 radical (unpaired) electrons. The van der Waals surface area contributed by atoms with E-state index in [4.69, 9.17) is 19.3 Å². The van der Waals surface area contributed by atoms with Gasteiger partial charge in [-0.25, -0.2) is 4.68 Å². The van der Waals surface area contributed by atoms with Crippen LogP contribution in [0.3, 0.4) is 0 Å². The van der Waals surface area contributed by atoms with Crippen LogP contribution in [0.2, 0.25) is 0 Å².